The molecule has 3 atom stereocenters. The predicted octanol–water partition coefficient (Wildman–Crippen LogP) is 2.71. The molecule has 1 aliphatic heterocycles. The maximum atomic E-state index is 12.7. The van der Waals surface area contributed by atoms with Crippen LogP contribution in [0.2, 0.25) is 0 Å². The lowest BCUT2D eigenvalue weighted by Gasteiger charge is -2.42. The Morgan fingerprint density at radius 2 is 2.15 bits per heavy atom. The van der Waals surface area contributed by atoms with Crippen molar-refractivity contribution in [2.45, 2.75) is 58.2 Å². The normalized spacial score (nSPS) is 24.6. The Bertz CT molecular complexity index is 472. The van der Waals surface area contributed by atoms with Crippen LogP contribution in [-0.2, 0) is 9.59 Å². The van der Waals surface area contributed by atoms with E-state index in [1.54, 1.807) is 16.2 Å². The fourth-order valence-electron chi connectivity index (χ4n) is 2.79. The van der Waals surface area contributed by atoms with Crippen molar-refractivity contribution in [3.05, 3.63) is 22.4 Å². The number of rotatable bonds is 5. The monoisotopic (exact) mass is 294 g/mol. The summed E-state index contributed by atoms with van der Waals surface area (Å²) in [5.74, 6) is 0.0321. The lowest BCUT2D eigenvalue weighted by atomic mass is 9.98. The molecule has 3 unspecified atom stereocenters. The number of thiophene rings is 1. The molecule has 1 fully saturated rings. The number of nitrogens with one attached hydrogen (secondary N) is 1. The first-order valence-electron chi connectivity index (χ1n) is 7.24. The summed E-state index contributed by atoms with van der Waals surface area (Å²) in [6.45, 7) is 5.98. The van der Waals surface area contributed by atoms with Crippen molar-refractivity contribution in [1.82, 2.24) is 10.2 Å². The zero-order chi connectivity index (χ0) is 14.7. The summed E-state index contributed by atoms with van der Waals surface area (Å²) in [7, 11) is 0. The summed E-state index contributed by atoms with van der Waals surface area (Å²) in [6, 6.07) is 1.25. The molecule has 0 bridgehead atoms. The molecule has 2 heterocycles. The van der Waals surface area contributed by atoms with E-state index in [9.17, 15) is 9.59 Å². The Labute approximate surface area is 124 Å². The molecule has 110 valence electrons. The van der Waals surface area contributed by atoms with Crippen LogP contribution >= 0.6 is 11.3 Å². The van der Waals surface area contributed by atoms with E-state index < -0.39 is 0 Å². The number of carbonyl (C=O) groups excluding carboxylic acids is 2. The van der Waals surface area contributed by atoms with E-state index in [1.807, 2.05) is 37.6 Å². The van der Waals surface area contributed by atoms with Crippen LogP contribution in [0.3, 0.4) is 0 Å². The molecule has 1 saturated heterocycles. The summed E-state index contributed by atoms with van der Waals surface area (Å²) >= 11 is 1.62. The van der Waals surface area contributed by atoms with Gasteiger partial charge in [0.15, 0.2) is 0 Å². The molecule has 2 rings (SSSR count). The van der Waals surface area contributed by atoms with E-state index in [4.69, 9.17) is 0 Å². The number of amides is 2. The molecule has 1 aromatic rings. The molecule has 4 nitrogen and oxygen atoms in total. The van der Waals surface area contributed by atoms with Gasteiger partial charge in [0.2, 0.25) is 11.8 Å². The molecular formula is C15H22N2O2S. The van der Waals surface area contributed by atoms with E-state index in [0.717, 1.165) is 12.0 Å². The van der Waals surface area contributed by atoms with Crippen molar-refractivity contribution in [2.24, 2.45) is 0 Å². The highest BCUT2D eigenvalue weighted by Gasteiger charge is 2.41. The van der Waals surface area contributed by atoms with E-state index in [0.29, 0.717) is 12.8 Å². The highest BCUT2D eigenvalue weighted by Crippen LogP contribution is 2.29. The average molecular weight is 294 g/mol. The third-order valence-corrected chi connectivity index (χ3v) is 4.62. The van der Waals surface area contributed by atoms with Gasteiger partial charge in [-0.1, -0.05) is 20.3 Å². The third kappa shape index (κ3) is 2.73. The van der Waals surface area contributed by atoms with Crippen LogP contribution in [0, 0.1) is 0 Å². The minimum Gasteiger partial charge on any atom is -0.343 e. The number of hydrogen-bond acceptors (Lipinski definition) is 3. The van der Waals surface area contributed by atoms with E-state index in [1.165, 1.54) is 0 Å². The Morgan fingerprint density at radius 1 is 1.40 bits per heavy atom. The first-order valence-corrected chi connectivity index (χ1v) is 8.19. The van der Waals surface area contributed by atoms with E-state index in [-0.39, 0.29) is 29.9 Å². The van der Waals surface area contributed by atoms with Crippen LogP contribution in [-0.4, -0.2) is 28.8 Å². The second-order valence-corrected chi connectivity index (χ2v) is 6.03. The maximum absolute atomic E-state index is 12.7. The molecular weight excluding hydrogens is 272 g/mol. The second kappa shape index (κ2) is 6.39. The summed E-state index contributed by atoms with van der Waals surface area (Å²) in [6.07, 6.45) is 2.23. The van der Waals surface area contributed by atoms with Crippen molar-refractivity contribution < 1.29 is 9.59 Å². The van der Waals surface area contributed by atoms with Crippen LogP contribution < -0.4 is 5.32 Å². The molecule has 2 amide bonds. The molecule has 0 aliphatic carbocycles. The molecule has 20 heavy (non-hydrogen) atoms. The summed E-state index contributed by atoms with van der Waals surface area (Å²) in [4.78, 5) is 26.7. The van der Waals surface area contributed by atoms with E-state index in [2.05, 4.69) is 5.32 Å². The van der Waals surface area contributed by atoms with Gasteiger partial charge in [0.25, 0.3) is 0 Å². The van der Waals surface area contributed by atoms with Gasteiger partial charge in [-0.2, -0.15) is 11.3 Å². The van der Waals surface area contributed by atoms with E-state index >= 15 is 0 Å². The Hall–Kier alpha value is -1.36. The molecule has 1 aliphatic rings. The highest BCUT2D eigenvalue weighted by atomic mass is 32.1. The first-order chi connectivity index (χ1) is 9.60. The van der Waals surface area contributed by atoms with Crippen LogP contribution in [0.4, 0.5) is 0 Å². The fraction of sp³-hybridized carbons (Fsp3) is 0.600. The van der Waals surface area contributed by atoms with Crippen LogP contribution in [0.25, 0.3) is 0 Å². The zero-order valence-electron chi connectivity index (χ0n) is 12.3. The van der Waals surface area contributed by atoms with Gasteiger partial charge in [-0.15, -0.1) is 0 Å². The summed E-state index contributed by atoms with van der Waals surface area (Å²) in [5.41, 5.74) is 1.10. The number of hydrogen-bond donors (Lipinski definition) is 1. The topological polar surface area (TPSA) is 49.4 Å². The molecule has 1 aromatic heterocycles. The van der Waals surface area contributed by atoms with Gasteiger partial charge in [0, 0.05) is 0 Å². The van der Waals surface area contributed by atoms with Gasteiger partial charge < -0.3 is 10.2 Å². The minimum atomic E-state index is -0.364. The number of carbonyl (C=O) groups is 2. The number of piperazine rings is 1. The molecule has 0 aromatic carbocycles. The summed E-state index contributed by atoms with van der Waals surface area (Å²) in [5, 5.41) is 6.92. The Morgan fingerprint density at radius 3 is 2.70 bits per heavy atom. The van der Waals surface area contributed by atoms with Crippen LogP contribution in [0.15, 0.2) is 16.8 Å². The Kier molecular flexibility index (Phi) is 4.81. The molecule has 5 heteroatoms. The van der Waals surface area contributed by atoms with Crippen molar-refractivity contribution in [2.75, 3.05) is 0 Å². The van der Waals surface area contributed by atoms with Crippen molar-refractivity contribution in [3.63, 3.8) is 0 Å². The first kappa shape index (κ1) is 15.0. The number of nitrogens with zero attached hydrogens (tertiary/aromatic N) is 1. The van der Waals surface area contributed by atoms with Gasteiger partial charge in [-0.25, -0.2) is 0 Å². The minimum absolute atomic E-state index is 0.0207. The smallest absolute Gasteiger partial charge is 0.246 e. The van der Waals surface area contributed by atoms with Crippen molar-refractivity contribution in [1.29, 1.82) is 0 Å². The molecule has 1 N–H and O–H groups in total. The SMILES string of the molecule is CCCC1NC(=O)C(CC)N(C(C)c2ccsc2)C1=O. The molecule has 0 spiro atoms. The van der Waals surface area contributed by atoms with Crippen LogP contribution in [0.5, 0.6) is 0 Å². The lowest BCUT2D eigenvalue weighted by Crippen LogP contribution is -2.63. The fourth-order valence-corrected chi connectivity index (χ4v) is 3.54. The van der Waals surface area contributed by atoms with Gasteiger partial charge in [0.1, 0.15) is 12.1 Å². The largest absolute Gasteiger partial charge is 0.343 e. The van der Waals surface area contributed by atoms with Crippen molar-refractivity contribution in [3.8, 4) is 0 Å². The average Bonchev–Trinajstić information content (AvgIpc) is 2.95. The van der Waals surface area contributed by atoms with Gasteiger partial charge in [-0.05, 0) is 42.2 Å². The molecule has 0 saturated carbocycles. The quantitative estimate of drug-likeness (QED) is 0.907. The standard InChI is InChI=1S/C15H22N2O2S/c1-4-6-12-15(19)17(13(5-2)14(18)16-12)10(3)11-7-8-20-9-11/h7-10,12-13H,4-6H2,1-3H3,(H,16,18). The Balaban J connectivity index is 2.29. The zero-order valence-corrected chi connectivity index (χ0v) is 13.1. The predicted molar refractivity (Wildman–Crippen MR) is 80.5 cm³/mol. The van der Waals surface area contributed by atoms with Crippen molar-refractivity contribution >= 4 is 23.2 Å². The highest BCUT2D eigenvalue weighted by molar-refractivity contribution is 7.07. The maximum Gasteiger partial charge on any atom is 0.246 e. The van der Waals surface area contributed by atoms with Gasteiger partial charge in [-0.3, -0.25) is 9.59 Å². The van der Waals surface area contributed by atoms with Crippen LogP contribution in [0.1, 0.15) is 51.6 Å². The lowest BCUT2D eigenvalue weighted by molar-refractivity contribution is -0.152. The second-order valence-electron chi connectivity index (χ2n) is 5.25. The van der Waals surface area contributed by atoms with Gasteiger partial charge in [0.05, 0.1) is 6.04 Å². The third-order valence-electron chi connectivity index (χ3n) is 3.91. The van der Waals surface area contributed by atoms with Gasteiger partial charge >= 0.3 is 0 Å². The molecule has 0 radical (unpaired) electrons. The summed E-state index contributed by atoms with van der Waals surface area (Å²) < 4.78 is 0.